The second-order valence-electron chi connectivity index (χ2n) is 5.77. The Morgan fingerprint density at radius 2 is 2.11 bits per heavy atom. The fraction of sp³-hybridized carbons (Fsp3) is 0.600. The van der Waals surface area contributed by atoms with Crippen LogP contribution in [0.1, 0.15) is 31.9 Å². The monoisotopic (exact) mass is 264 g/mol. The molecule has 0 aliphatic carbocycles. The van der Waals surface area contributed by atoms with E-state index < -0.39 is 0 Å². The molecule has 0 amide bonds. The van der Waals surface area contributed by atoms with Crippen LogP contribution >= 0.6 is 0 Å². The van der Waals surface area contributed by atoms with Crippen LogP contribution in [0.4, 0.5) is 0 Å². The van der Waals surface area contributed by atoms with E-state index in [1.807, 2.05) is 0 Å². The molecule has 3 atom stereocenters. The molecule has 19 heavy (non-hydrogen) atoms. The number of hydrogen-bond donors (Lipinski definition) is 3. The third-order valence-electron chi connectivity index (χ3n) is 4.05. The van der Waals surface area contributed by atoms with Gasteiger partial charge in [0.2, 0.25) is 0 Å². The van der Waals surface area contributed by atoms with E-state index in [-0.39, 0.29) is 17.5 Å². The summed E-state index contributed by atoms with van der Waals surface area (Å²) in [4.78, 5) is 2.35. The van der Waals surface area contributed by atoms with Crippen LogP contribution in [0.5, 0.6) is 11.5 Å². The first-order valence-corrected chi connectivity index (χ1v) is 6.94. The van der Waals surface area contributed by atoms with Crippen LogP contribution in [-0.2, 0) is 0 Å². The van der Waals surface area contributed by atoms with Crippen molar-refractivity contribution in [2.45, 2.75) is 32.4 Å². The zero-order chi connectivity index (χ0) is 14.0. The van der Waals surface area contributed by atoms with Crippen LogP contribution < -0.4 is 5.32 Å². The molecular weight excluding hydrogens is 240 g/mol. The van der Waals surface area contributed by atoms with Crippen molar-refractivity contribution >= 4 is 0 Å². The van der Waals surface area contributed by atoms with Crippen LogP contribution in [0.25, 0.3) is 0 Å². The molecule has 4 heteroatoms. The van der Waals surface area contributed by atoms with Gasteiger partial charge in [0.05, 0.1) is 0 Å². The van der Waals surface area contributed by atoms with Gasteiger partial charge in [0.1, 0.15) is 11.5 Å². The molecule has 2 rings (SSSR count). The first-order chi connectivity index (χ1) is 8.97. The summed E-state index contributed by atoms with van der Waals surface area (Å²) in [5.74, 6) is 0.849. The average Bonchev–Trinajstić information content (AvgIpc) is 2.32. The summed E-state index contributed by atoms with van der Waals surface area (Å²) in [5.41, 5.74) is 0.837. The summed E-state index contributed by atoms with van der Waals surface area (Å²) in [5, 5.41) is 22.8. The van der Waals surface area contributed by atoms with Gasteiger partial charge < -0.3 is 20.4 Å². The van der Waals surface area contributed by atoms with Gasteiger partial charge in [0.25, 0.3) is 0 Å². The minimum absolute atomic E-state index is 0.0801. The van der Waals surface area contributed by atoms with E-state index in [4.69, 9.17) is 0 Å². The van der Waals surface area contributed by atoms with Gasteiger partial charge in [-0.2, -0.15) is 0 Å². The highest BCUT2D eigenvalue weighted by Gasteiger charge is 2.26. The highest BCUT2D eigenvalue weighted by molar-refractivity contribution is 5.40. The number of piperidine rings is 1. The molecule has 0 spiro atoms. The van der Waals surface area contributed by atoms with Gasteiger partial charge in [-0.15, -0.1) is 0 Å². The number of likely N-dealkylation sites (tertiary alicyclic amines) is 1. The third-order valence-corrected chi connectivity index (χ3v) is 4.05. The van der Waals surface area contributed by atoms with E-state index in [2.05, 4.69) is 31.1 Å². The quantitative estimate of drug-likeness (QED) is 0.782. The zero-order valence-electron chi connectivity index (χ0n) is 11.9. The maximum Gasteiger partial charge on any atom is 0.124 e. The molecule has 1 heterocycles. The van der Waals surface area contributed by atoms with Gasteiger partial charge in [0, 0.05) is 30.3 Å². The summed E-state index contributed by atoms with van der Waals surface area (Å²) < 4.78 is 0. The normalized spacial score (nSPS) is 26.3. The molecule has 3 unspecified atom stereocenters. The molecule has 0 radical (unpaired) electrons. The minimum Gasteiger partial charge on any atom is -0.508 e. The van der Waals surface area contributed by atoms with Crippen LogP contribution in [-0.4, -0.2) is 41.3 Å². The number of phenolic OH excluding ortho intramolecular Hbond substituents is 2. The third kappa shape index (κ3) is 3.39. The first kappa shape index (κ1) is 14.2. The van der Waals surface area contributed by atoms with E-state index >= 15 is 0 Å². The Hall–Kier alpha value is -1.26. The van der Waals surface area contributed by atoms with E-state index in [0.29, 0.717) is 12.0 Å². The number of rotatable bonds is 3. The summed E-state index contributed by atoms with van der Waals surface area (Å²) in [6, 6.07) is 5.34. The average molecular weight is 264 g/mol. The van der Waals surface area contributed by atoms with E-state index in [1.165, 1.54) is 6.07 Å². The Morgan fingerprint density at radius 3 is 2.74 bits per heavy atom. The van der Waals surface area contributed by atoms with E-state index in [0.717, 1.165) is 25.1 Å². The minimum atomic E-state index is 0.0801. The second-order valence-corrected chi connectivity index (χ2v) is 5.77. The molecule has 0 aromatic heterocycles. The molecule has 1 aliphatic heterocycles. The zero-order valence-corrected chi connectivity index (χ0v) is 11.9. The largest absolute Gasteiger partial charge is 0.508 e. The van der Waals surface area contributed by atoms with Crippen LogP contribution in [0.15, 0.2) is 18.2 Å². The van der Waals surface area contributed by atoms with Crippen molar-refractivity contribution in [3.63, 3.8) is 0 Å². The topological polar surface area (TPSA) is 55.7 Å². The lowest BCUT2D eigenvalue weighted by Gasteiger charge is -2.37. The van der Waals surface area contributed by atoms with Crippen molar-refractivity contribution < 1.29 is 10.2 Å². The number of nitrogens with one attached hydrogen (secondary N) is 1. The molecule has 1 fully saturated rings. The molecule has 4 nitrogen and oxygen atoms in total. The molecule has 3 N–H and O–H groups in total. The van der Waals surface area contributed by atoms with Gasteiger partial charge in [0.15, 0.2) is 0 Å². The van der Waals surface area contributed by atoms with Gasteiger partial charge in [-0.3, -0.25) is 0 Å². The van der Waals surface area contributed by atoms with Gasteiger partial charge >= 0.3 is 0 Å². The van der Waals surface area contributed by atoms with Crippen LogP contribution in [0, 0.1) is 5.92 Å². The number of aromatic hydroxyl groups is 2. The van der Waals surface area contributed by atoms with Crippen LogP contribution in [0.2, 0.25) is 0 Å². The second kappa shape index (κ2) is 5.80. The van der Waals surface area contributed by atoms with E-state index in [1.54, 1.807) is 12.1 Å². The molecule has 0 saturated carbocycles. The maximum absolute atomic E-state index is 9.89. The molecule has 106 valence electrons. The molecule has 1 aliphatic rings. The molecule has 0 bridgehead atoms. The van der Waals surface area contributed by atoms with Gasteiger partial charge in [-0.05, 0) is 38.9 Å². The fourth-order valence-corrected chi connectivity index (χ4v) is 2.91. The summed E-state index contributed by atoms with van der Waals surface area (Å²) in [7, 11) is 2.15. The Balaban J connectivity index is 2.02. The van der Waals surface area contributed by atoms with Crippen LogP contribution in [0.3, 0.4) is 0 Å². The molecular formula is C15H24N2O2. The maximum atomic E-state index is 9.89. The lowest BCUT2D eigenvalue weighted by molar-refractivity contribution is 0.167. The molecule has 1 saturated heterocycles. The van der Waals surface area contributed by atoms with Crippen molar-refractivity contribution in [3.05, 3.63) is 23.8 Å². The summed E-state index contributed by atoms with van der Waals surface area (Å²) in [6.07, 6.45) is 1.13. The Bertz CT molecular complexity index is 436. The van der Waals surface area contributed by atoms with E-state index in [9.17, 15) is 10.2 Å². The Morgan fingerprint density at radius 1 is 1.37 bits per heavy atom. The predicted octanol–water partition coefficient (Wildman–Crippen LogP) is 2.09. The SMILES string of the molecule is CC(NC1CCN(C)CC1C)c1ccc(O)cc1O. The van der Waals surface area contributed by atoms with Crippen molar-refractivity contribution in [1.82, 2.24) is 10.2 Å². The Kier molecular flexibility index (Phi) is 4.32. The Labute approximate surface area is 115 Å². The molecule has 1 aromatic rings. The van der Waals surface area contributed by atoms with Crippen molar-refractivity contribution in [1.29, 1.82) is 0 Å². The van der Waals surface area contributed by atoms with Crippen molar-refractivity contribution in [3.8, 4) is 11.5 Å². The lowest BCUT2D eigenvalue weighted by Crippen LogP contribution is -2.47. The van der Waals surface area contributed by atoms with Gasteiger partial charge in [-0.25, -0.2) is 0 Å². The van der Waals surface area contributed by atoms with Gasteiger partial charge in [-0.1, -0.05) is 13.0 Å². The number of phenols is 2. The smallest absolute Gasteiger partial charge is 0.124 e. The summed E-state index contributed by atoms with van der Waals surface area (Å²) >= 11 is 0. The lowest BCUT2D eigenvalue weighted by atomic mass is 9.92. The van der Waals surface area contributed by atoms with Crippen molar-refractivity contribution in [2.75, 3.05) is 20.1 Å². The van der Waals surface area contributed by atoms with Crippen molar-refractivity contribution in [2.24, 2.45) is 5.92 Å². The predicted molar refractivity (Wildman–Crippen MR) is 76.4 cm³/mol. The number of hydrogen-bond acceptors (Lipinski definition) is 4. The fourth-order valence-electron chi connectivity index (χ4n) is 2.91. The highest BCUT2D eigenvalue weighted by atomic mass is 16.3. The standard InChI is InChI=1S/C15H24N2O2/c1-10-9-17(3)7-6-14(10)16-11(2)13-5-4-12(18)8-15(13)19/h4-5,8,10-11,14,16,18-19H,6-7,9H2,1-3H3. The number of nitrogens with zero attached hydrogens (tertiary/aromatic N) is 1. The number of benzene rings is 1. The summed E-state index contributed by atoms with van der Waals surface area (Å²) in [6.45, 7) is 6.52. The highest BCUT2D eigenvalue weighted by Crippen LogP contribution is 2.29. The molecule has 1 aromatic carbocycles. The first-order valence-electron chi connectivity index (χ1n) is 6.94.